The summed E-state index contributed by atoms with van der Waals surface area (Å²) in [6, 6.07) is 0. The molecule has 0 rings (SSSR count). The molecule has 0 aromatic carbocycles. The molecule has 0 radical (unpaired) electrons. The molecular weight excluding hydrogens is 436 g/mol. The summed E-state index contributed by atoms with van der Waals surface area (Å²) >= 11 is 0. The highest BCUT2D eigenvalue weighted by Crippen LogP contribution is 2.51. The Morgan fingerprint density at radius 2 is 1.03 bits per heavy atom. The fourth-order valence-electron chi connectivity index (χ4n) is 5.80. The summed E-state index contributed by atoms with van der Waals surface area (Å²) in [5.74, 6) is -6.68. The lowest BCUT2D eigenvalue weighted by atomic mass is 9.56. The van der Waals surface area contributed by atoms with E-state index in [1.165, 1.54) is 0 Å². The number of hydrogen-bond donors (Lipinski definition) is 4. The van der Waals surface area contributed by atoms with Crippen molar-refractivity contribution < 1.29 is 34.8 Å². The molecule has 4 N–H and O–H groups in total. The second kappa shape index (κ2) is 15.4. The zero-order valence-electron chi connectivity index (χ0n) is 22.3. The van der Waals surface area contributed by atoms with E-state index in [0.717, 1.165) is 19.3 Å². The number of carboxylic acids is 3. The van der Waals surface area contributed by atoms with Crippen LogP contribution in [0, 0.1) is 29.1 Å². The van der Waals surface area contributed by atoms with Crippen molar-refractivity contribution >= 4 is 17.9 Å². The Kier molecular flexibility index (Phi) is 14.6. The molecule has 0 aliphatic heterocycles. The number of carboxylic acid groups (broad SMARTS) is 3. The van der Waals surface area contributed by atoms with Gasteiger partial charge in [0.25, 0.3) is 0 Å². The smallest absolute Gasteiger partial charge is 0.337 e. The molecule has 0 fully saturated rings. The van der Waals surface area contributed by atoms with Crippen molar-refractivity contribution in [2.75, 3.05) is 0 Å². The number of carbonyl (C=O) groups is 3. The van der Waals surface area contributed by atoms with Gasteiger partial charge in [-0.2, -0.15) is 0 Å². The Morgan fingerprint density at radius 3 is 1.29 bits per heavy atom. The lowest BCUT2D eigenvalue weighted by Gasteiger charge is -2.47. The van der Waals surface area contributed by atoms with Crippen molar-refractivity contribution in [3.8, 4) is 0 Å². The van der Waals surface area contributed by atoms with Crippen LogP contribution in [0.4, 0.5) is 0 Å². The van der Waals surface area contributed by atoms with E-state index in [0.29, 0.717) is 38.5 Å². The summed E-state index contributed by atoms with van der Waals surface area (Å²) in [4.78, 5) is 38.4. The quantitative estimate of drug-likeness (QED) is 0.160. The second-order valence-corrected chi connectivity index (χ2v) is 10.2. The minimum Gasteiger partial charge on any atom is -0.481 e. The summed E-state index contributed by atoms with van der Waals surface area (Å²) in [6.07, 6.45) is 6.19. The van der Waals surface area contributed by atoms with Gasteiger partial charge in [0.15, 0.2) is 5.60 Å². The predicted molar refractivity (Wildman–Crippen MR) is 134 cm³/mol. The highest BCUT2D eigenvalue weighted by atomic mass is 16.4. The SMILES string of the molecule is CCCC(CC)CC(C(=O)O)C(O)(C(=O)O)C(CC(CC)CCC)(CC(CC)CCC)C(=O)O. The van der Waals surface area contributed by atoms with Crippen molar-refractivity contribution in [1.82, 2.24) is 0 Å². The highest BCUT2D eigenvalue weighted by Gasteiger charge is 2.67. The molecule has 0 aliphatic rings. The molecule has 5 unspecified atom stereocenters. The fourth-order valence-corrected chi connectivity index (χ4v) is 5.80. The van der Waals surface area contributed by atoms with Crippen LogP contribution in [0.1, 0.15) is 119 Å². The van der Waals surface area contributed by atoms with Crippen LogP contribution in [-0.2, 0) is 14.4 Å². The van der Waals surface area contributed by atoms with Crippen LogP contribution in [0.25, 0.3) is 0 Å². The van der Waals surface area contributed by atoms with E-state index in [1.807, 2.05) is 41.5 Å². The van der Waals surface area contributed by atoms with E-state index in [4.69, 9.17) is 0 Å². The molecular formula is C27H50O7. The van der Waals surface area contributed by atoms with E-state index in [1.54, 1.807) is 0 Å². The van der Waals surface area contributed by atoms with Crippen molar-refractivity contribution in [3.63, 3.8) is 0 Å². The molecule has 200 valence electrons. The van der Waals surface area contributed by atoms with Gasteiger partial charge in [0, 0.05) is 0 Å². The molecule has 34 heavy (non-hydrogen) atoms. The first kappa shape index (κ1) is 32.4. The van der Waals surface area contributed by atoms with Crippen LogP contribution in [-0.4, -0.2) is 43.9 Å². The minimum atomic E-state index is -2.92. The number of hydrogen-bond acceptors (Lipinski definition) is 4. The molecule has 5 atom stereocenters. The number of aliphatic carboxylic acids is 3. The van der Waals surface area contributed by atoms with Crippen molar-refractivity contribution in [2.24, 2.45) is 29.1 Å². The van der Waals surface area contributed by atoms with Gasteiger partial charge in [0.05, 0.1) is 5.92 Å². The first-order chi connectivity index (χ1) is 15.9. The van der Waals surface area contributed by atoms with Gasteiger partial charge in [-0.25, -0.2) is 4.79 Å². The Balaban J connectivity index is 7.07. The van der Waals surface area contributed by atoms with E-state index < -0.39 is 34.8 Å². The first-order valence-corrected chi connectivity index (χ1v) is 13.4. The van der Waals surface area contributed by atoms with E-state index >= 15 is 0 Å². The monoisotopic (exact) mass is 486 g/mol. The zero-order chi connectivity index (χ0) is 26.5. The Bertz CT molecular complexity index is 616. The zero-order valence-corrected chi connectivity index (χ0v) is 22.3. The standard InChI is InChI=1S/C27H50O7/c1-7-13-19(10-4)16-22(23(28)29)27(34,25(32)33)26(24(30)31,17-20(11-5)14-8-2)18-21(12-6)15-9-3/h19-22,34H,7-18H2,1-6H3,(H,28,29)(H,30,31)(H,32,33). The summed E-state index contributed by atoms with van der Waals surface area (Å²) < 4.78 is 0. The topological polar surface area (TPSA) is 132 Å². The molecule has 0 saturated heterocycles. The third-order valence-corrected chi connectivity index (χ3v) is 7.93. The maximum Gasteiger partial charge on any atom is 0.337 e. The normalized spacial score (nSPS) is 18.8. The van der Waals surface area contributed by atoms with Crippen LogP contribution >= 0.6 is 0 Å². The molecule has 0 spiro atoms. The predicted octanol–water partition coefficient (Wildman–Crippen LogP) is 6.22. The van der Waals surface area contributed by atoms with Crippen LogP contribution in [0.2, 0.25) is 0 Å². The largest absolute Gasteiger partial charge is 0.481 e. The average Bonchev–Trinajstić information content (AvgIpc) is 2.78. The van der Waals surface area contributed by atoms with Gasteiger partial charge in [0.2, 0.25) is 0 Å². The molecule has 0 bridgehead atoms. The second-order valence-electron chi connectivity index (χ2n) is 10.2. The fraction of sp³-hybridized carbons (Fsp3) is 0.889. The molecule has 0 aromatic rings. The Morgan fingerprint density at radius 1 is 0.647 bits per heavy atom. The lowest BCUT2D eigenvalue weighted by molar-refractivity contribution is -0.211. The summed E-state index contributed by atoms with van der Waals surface area (Å²) in [5.41, 5.74) is -5.02. The minimum absolute atomic E-state index is 0.0516. The van der Waals surface area contributed by atoms with Crippen molar-refractivity contribution in [2.45, 2.75) is 124 Å². The van der Waals surface area contributed by atoms with Crippen LogP contribution < -0.4 is 0 Å². The summed E-state index contributed by atoms with van der Waals surface area (Å²) in [5, 5.41) is 43.2. The Hall–Kier alpha value is -1.63. The van der Waals surface area contributed by atoms with E-state index in [9.17, 15) is 34.8 Å². The molecule has 7 heteroatoms. The third-order valence-electron chi connectivity index (χ3n) is 7.93. The van der Waals surface area contributed by atoms with Crippen molar-refractivity contribution in [1.29, 1.82) is 0 Å². The van der Waals surface area contributed by atoms with Gasteiger partial charge in [-0.05, 0) is 37.0 Å². The third kappa shape index (κ3) is 7.69. The maximum absolute atomic E-state index is 13.1. The molecule has 0 heterocycles. The Labute approximate surface area is 206 Å². The van der Waals surface area contributed by atoms with Gasteiger partial charge in [-0.15, -0.1) is 0 Å². The van der Waals surface area contributed by atoms with Crippen LogP contribution in [0.15, 0.2) is 0 Å². The van der Waals surface area contributed by atoms with Gasteiger partial charge in [-0.1, -0.05) is 99.3 Å². The molecule has 0 amide bonds. The molecule has 7 nitrogen and oxygen atoms in total. The average molecular weight is 487 g/mol. The van der Waals surface area contributed by atoms with Gasteiger partial charge >= 0.3 is 17.9 Å². The maximum atomic E-state index is 13.1. The molecule has 0 aliphatic carbocycles. The first-order valence-electron chi connectivity index (χ1n) is 13.4. The van der Waals surface area contributed by atoms with Gasteiger partial charge < -0.3 is 20.4 Å². The lowest BCUT2D eigenvalue weighted by Crippen LogP contribution is -2.65. The summed E-state index contributed by atoms with van der Waals surface area (Å²) in [7, 11) is 0. The van der Waals surface area contributed by atoms with Crippen molar-refractivity contribution in [3.05, 3.63) is 0 Å². The summed E-state index contributed by atoms with van der Waals surface area (Å²) in [6.45, 7) is 11.7. The number of aliphatic hydroxyl groups is 1. The van der Waals surface area contributed by atoms with Crippen LogP contribution in [0.5, 0.6) is 0 Å². The molecule has 0 saturated carbocycles. The van der Waals surface area contributed by atoms with E-state index in [-0.39, 0.29) is 37.0 Å². The molecule has 0 aromatic heterocycles. The van der Waals surface area contributed by atoms with Gasteiger partial charge in [-0.3, -0.25) is 9.59 Å². The van der Waals surface area contributed by atoms with Gasteiger partial charge in [0.1, 0.15) is 5.41 Å². The highest BCUT2D eigenvalue weighted by molar-refractivity contribution is 5.93. The van der Waals surface area contributed by atoms with Crippen LogP contribution in [0.3, 0.4) is 0 Å². The van der Waals surface area contributed by atoms with E-state index in [2.05, 4.69) is 0 Å². The number of rotatable bonds is 20.